The van der Waals surface area contributed by atoms with E-state index in [2.05, 4.69) is 5.32 Å². The summed E-state index contributed by atoms with van der Waals surface area (Å²) >= 11 is 1.43. The predicted octanol–water partition coefficient (Wildman–Crippen LogP) is 3.21. The van der Waals surface area contributed by atoms with Crippen LogP contribution < -0.4 is 5.32 Å². The quantitative estimate of drug-likeness (QED) is 0.876. The van der Waals surface area contributed by atoms with E-state index in [0.29, 0.717) is 6.54 Å². The van der Waals surface area contributed by atoms with Crippen LogP contribution in [0.2, 0.25) is 0 Å². The second kappa shape index (κ2) is 6.39. The summed E-state index contributed by atoms with van der Waals surface area (Å²) in [6, 6.07) is 1.92. The van der Waals surface area contributed by atoms with Crippen molar-refractivity contribution in [1.29, 1.82) is 0 Å². The number of thiophene rings is 1. The third kappa shape index (κ3) is 3.60. The van der Waals surface area contributed by atoms with Crippen LogP contribution in [0.25, 0.3) is 0 Å². The fourth-order valence-electron chi connectivity index (χ4n) is 2.99. The molecular formula is C15H21NO3S. The molecule has 2 N–H and O–H groups in total. The first-order valence-corrected chi connectivity index (χ1v) is 7.94. The van der Waals surface area contributed by atoms with Crippen molar-refractivity contribution in [2.24, 2.45) is 5.41 Å². The number of hydrogen-bond acceptors (Lipinski definition) is 3. The van der Waals surface area contributed by atoms with Crippen molar-refractivity contribution in [3.63, 3.8) is 0 Å². The van der Waals surface area contributed by atoms with Crippen molar-refractivity contribution in [3.8, 4) is 0 Å². The third-order valence-corrected chi connectivity index (χ3v) is 5.15. The first kappa shape index (κ1) is 15.0. The van der Waals surface area contributed by atoms with Crippen LogP contribution in [0, 0.1) is 12.3 Å². The van der Waals surface area contributed by atoms with Crippen molar-refractivity contribution in [3.05, 3.63) is 21.9 Å². The number of nitrogens with one attached hydrogen (secondary N) is 1. The van der Waals surface area contributed by atoms with E-state index in [1.165, 1.54) is 17.8 Å². The number of carboxylic acid groups (broad SMARTS) is 1. The SMILES string of the molecule is Cc1ccsc1C(=O)NCC1(CC(=O)O)CCCCC1. The molecule has 1 aromatic heterocycles. The number of carbonyl (C=O) groups excluding carboxylic acids is 1. The molecule has 2 rings (SSSR count). The minimum atomic E-state index is -0.770. The van der Waals surface area contributed by atoms with Crippen LogP contribution >= 0.6 is 11.3 Å². The smallest absolute Gasteiger partial charge is 0.303 e. The molecule has 5 heteroatoms. The van der Waals surface area contributed by atoms with Crippen molar-refractivity contribution in [1.82, 2.24) is 5.32 Å². The van der Waals surface area contributed by atoms with Gasteiger partial charge in [0.05, 0.1) is 11.3 Å². The second-order valence-electron chi connectivity index (χ2n) is 5.75. The number of aliphatic carboxylic acids is 1. The molecule has 0 saturated heterocycles. The lowest BCUT2D eigenvalue weighted by Gasteiger charge is -2.36. The van der Waals surface area contributed by atoms with Crippen molar-refractivity contribution < 1.29 is 14.7 Å². The molecule has 0 bridgehead atoms. The average Bonchev–Trinajstić information content (AvgIpc) is 2.83. The standard InChI is InChI=1S/C15H21NO3S/c1-11-5-8-20-13(11)14(19)16-10-15(9-12(17)18)6-3-2-4-7-15/h5,8H,2-4,6-7,9-10H2,1H3,(H,16,19)(H,17,18). The molecule has 1 aromatic rings. The number of aryl methyl sites for hydroxylation is 1. The van der Waals surface area contributed by atoms with E-state index >= 15 is 0 Å². The molecular weight excluding hydrogens is 274 g/mol. The van der Waals surface area contributed by atoms with Crippen molar-refractivity contribution >= 4 is 23.2 Å². The van der Waals surface area contributed by atoms with E-state index in [1.54, 1.807) is 0 Å². The molecule has 0 radical (unpaired) electrons. The molecule has 1 fully saturated rings. The molecule has 1 heterocycles. The lowest BCUT2D eigenvalue weighted by molar-refractivity contribution is -0.140. The van der Waals surface area contributed by atoms with Gasteiger partial charge in [0.1, 0.15) is 0 Å². The summed E-state index contributed by atoms with van der Waals surface area (Å²) in [5, 5.41) is 14.0. The topological polar surface area (TPSA) is 66.4 Å². The van der Waals surface area contributed by atoms with Gasteiger partial charge in [-0.15, -0.1) is 11.3 Å². The zero-order chi connectivity index (χ0) is 14.6. The van der Waals surface area contributed by atoms with Gasteiger partial charge in [0.15, 0.2) is 0 Å². The van der Waals surface area contributed by atoms with Gasteiger partial charge in [-0.25, -0.2) is 0 Å². The van der Waals surface area contributed by atoms with Crippen molar-refractivity contribution in [2.75, 3.05) is 6.54 Å². The summed E-state index contributed by atoms with van der Waals surface area (Å²) in [7, 11) is 0. The van der Waals surface area contributed by atoms with E-state index in [1.807, 2.05) is 18.4 Å². The minimum absolute atomic E-state index is 0.0761. The largest absolute Gasteiger partial charge is 0.481 e. The Kier molecular flexibility index (Phi) is 4.81. The summed E-state index contributed by atoms with van der Waals surface area (Å²) in [5.41, 5.74) is 0.716. The number of amides is 1. The van der Waals surface area contributed by atoms with Crippen LogP contribution in [-0.2, 0) is 4.79 Å². The minimum Gasteiger partial charge on any atom is -0.481 e. The fourth-order valence-corrected chi connectivity index (χ4v) is 3.83. The normalized spacial score (nSPS) is 17.6. The molecule has 0 aromatic carbocycles. The van der Waals surface area contributed by atoms with E-state index < -0.39 is 5.97 Å². The highest BCUT2D eigenvalue weighted by molar-refractivity contribution is 7.12. The maximum atomic E-state index is 12.1. The van der Waals surface area contributed by atoms with Crippen LogP contribution in [0.4, 0.5) is 0 Å². The van der Waals surface area contributed by atoms with Crippen LogP contribution in [0.1, 0.15) is 53.8 Å². The lowest BCUT2D eigenvalue weighted by atomic mass is 9.71. The van der Waals surface area contributed by atoms with Gasteiger partial charge in [-0.05, 0) is 42.2 Å². The van der Waals surface area contributed by atoms with E-state index in [-0.39, 0.29) is 17.7 Å². The summed E-state index contributed by atoms with van der Waals surface area (Å²) in [6.45, 7) is 2.38. The molecule has 1 saturated carbocycles. The third-order valence-electron chi connectivity index (χ3n) is 4.13. The molecule has 110 valence electrons. The number of hydrogen-bond donors (Lipinski definition) is 2. The van der Waals surface area contributed by atoms with Gasteiger partial charge in [-0.1, -0.05) is 19.3 Å². The predicted molar refractivity (Wildman–Crippen MR) is 79.2 cm³/mol. The Morgan fingerprint density at radius 1 is 1.35 bits per heavy atom. The van der Waals surface area contributed by atoms with Gasteiger partial charge in [0.25, 0.3) is 5.91 Å². The maximum Gasteiger partial charge on any atom is 0.303 e. The molecule has 1 amide bonds. The molecule has 1 aliphatic rings. The van der Waals surface area contributed by atoms with Gasteiger partial charge in [0.2, 0.25) is 0 Å². The number of rotatable bonds is 5. The summed E-state index contributed by atoms with van der Waals surface area (Å²) < 4.78 is 0. The van der Waals surface area contributed by atoms with Gasteiger partial charge in [-0.3, -0.25) is 9.59 Å². The van der Waals surface area contributed by atoms with Gasteiger partial charge >= 0.3 is 5.97 Å². The average molecular weight is 295 g/mol. The van der Waals surface area contributed by atoms with Gasteiger partial charge in [-0.2, -0.15) is 0 Å². The second-order valence-corrected chi connectivity index (χ2v) is 6.66. The maximum absolute atomic E-state index is 12.1. The van der Waals surface area contributed by atoms with E-state index in [9.17, 15) is 9.59 Å². The highest BCUT2D eigenvalue weighted by Crippen LogP contribution is 2.38. The Morgan fingerprint density at radius 3 is 2.60 bits per heavy atom. The van der Waals surface area contributed by atoms with Gasteiger partial charge in [0, 0.05) is 6.54 Å². The van der Waals surface area contributed by atoms with Gasteiger partial charge < -0.3 is 10.4 Å². The fraction of sp³-hybridized carbons (Fsp3) is 0.600. The van der Waals surface area contributed by atoms with E-state index in [0.717, 1.165) is 36.1 Å². The molecule has 1 aliphatic carbocycles. The Bertz CT molecular complexity index is 489. The van der Waals surface area contributed by atoms with Crippen LogP contribution in [-0.4, -0.2) is 23.5 Å². The summed E-state index contributed by atoms with van der Waals surface area (Å²) in [6.07, 6.45) is 5.21. The lowest BCUT2D eigenvalue weighted by Crippen LogP contribution is -2.40. The summed E-state index contributed by atoms with van der Waals surface area (Å²) in [4.78, 5) is 24.0. The Labute approximate surface area is 123 Å². The molecule has 0 atom stereocenters. The summed E-state index contributed by atoms with van der Waals surface area (Å²) in [5.74, 6) is -0.846. The Balaban J connectivity index is 2.00. The van der Waals surface area contributed by atoms with Crippen LogP contribution in [0.5, 0.6) is 0 Å². The molecule has 0 unspecified atom stereocenters. The van der Waals surface area contributed by atoms with Crippen LogP contribution in [0.15, 0.2) is 11.4 Å². The first-order chi connectivity index (χ1) is 9.52. The van der Waals surface area contributed by atoms with Crippen molar-refractivity contribution in [2.45, 2.75) is 45.4 Å². The number of carboxylic acids is 1. The first-order valence-electron chi connectivity index (χ1n) is 7.07. The Hall–Kier alpha value is -1.36. The molecule has 0 aliphatic heterocycles. The Morgan fingerprint density at radius 2 is 2.05 bits per heavy atom. The van der Waals surface area contributed by atoms with Crippen LogP contribution in [0.3, 0.4) is 0 Å². The highest BCUT2D eigenvalue weighted by atomic mass is 32.1. The molecule has 20 heavy (non-hydrogen) atoms. The monoisotopic (exact) mass is 295 g/mol. The van der Waals surface area contributed by atoms with E-state index in [4.69, 9.17) is 5.11 Å². The zero-order valence-electron chi connectivity index (χ0n) is 11.8. The molecule has 4 nitrogen and oxygen atoms in total. The highest BCUT2D eigenvalue weighted by Gasteiger charge is 2.34. The molecule has 0 spiro atoms. The number of carbonyl (C=O) groups is 2. The zero-order valence-corrected chi connectivity index (χ0v) is 12.6.